The van der Waals surface area contributed by atoms with Crippen LogP contribution in [-0.2, 0) is 25.7 Å². The van der Waals surface area contributed by atoms with Gasteiger partial charge in [-0.25, -0.2) is 13.2 Å². The number of nitrogens with zero attached hydrogens (tertiary/aromatic N) is 3. The normalized spacial score (nSPS) is 19.6. The summed E-state index contributed by atoms with van der Waals surface area (Å²) in [4.78, 5) is 44.2. The molecule has 1 unspecified atom stereocenters. The van der Waals surface area contributed by atoms with Crippen molar-refractivity contribution in [1.29, 1.82) is 0 Å². The number of ether oxygens (including phenoxy) is 1. The van der Waals surface area contributed by atoms with Crippen molar-refractivity contribution >= 4 is 33.6 Å². The third-order valence-electron chi connectivity index (χ3n) is 10.3. The molecule has 1 atom stereocenters. The topological polar surface area (TPSA) is 116 Å². The Hall–Kier alpha value is -4.33. The molecule has 0 bridgehead atoms. The third-order valence-corrected chi connectivity index (χ3v) is 12.1. The van der Waals surface area contributed by atoms with E-state index in [-0.39, 0.29) is 40.6 Å². The molecule has 2 aromatic carbocycles. The molecule has 2 aromatic rings. The number of hydrogen-bond acceptors (Lipinski definition) is 6. The van der Waals surface area contributed by atoms with Crippen LogP contribution in [0.4, 0.5) is 23.7 Å². The SMILES string of the molecule is C=CCCC1(C(=O)N2CC(NC(=O)c3cccc(S(=O)(=O)N(CC=C)c4cccc(C(F)(F)F)c4)c3)CC3(CC3)C2)CCN(C(=O)OC(C)(C)C)CC1. The number of alkyl halides is 3. The fraction of sp³-hybridized carbons (Fsp3) is 0.513. The first-order chi connectivity index (χ1) is 24.8. The maximum atomic E-state index is 14.5. The van der Waals surface area contributed by atoms with Gasteiger partial charge in [0.05, 0.1) is 28.1 Å². The molecule has 3 amide bonds. The number of nitrogens with one attached hydrogen (secondary N) is 1. The summed E-state index contributed by atoms with van der Waals surface area (Å²) in [6.07, 6.45) is 2.64. The predicted molar refractivity (Wildman–Crippen MR) is 196 cm³/mol. The molecule has 10 nitrogen and oxygen atoms in total. The van der Waals surface area contributed by atoms with Crippen LogP contribution in [0.15, 0.2) is 78.7 Å². The van der Waals surface area contributed by atoms with Crippen molar-refractivity contribution in [3.05, 3.63) is 85.0 Å². The lowest BCUT2D eigenvalue weighted by Crippen LogP contribution is -2.58. The number of piperidine rings is 2. The monoisotopic (exact) mass is 758 g/mol. The fourth-order valence-corrected chi connectivity index (χ4v) is 8.87. The summed E-state index contributed by atoms with van der Waals surface area (Å²) < 4.78 is 74.4. The van der Waals surface area contributed by atoms with Gasteiger partial charge in [0.1, 0.15) is 5.60 Å². The van der Waals surface area contributed by atoms with Crippen molar-refractivity contribution in [2.75, 3.05) is 37.0 Å². The van der Waals surface area contributed by atoms with E-state index in [0.717, 1.165) is 35.3 Å². The van der Waals surface area contributed by atoms with E-state index >= 15 is 0 Å². The number of rotatable bonds is 11. The second-order valence-corrected chi connectivity index (χ2v) is 17.4. The summed E-state index contributed by atoms with van der Waals surface area (Å²) in [6.45, 7) is 14.2. The van der Waals surface area contributed by atoms with Crippen LogP contribution >= 0.6 is 0 Å². The molecule has 1 N–H and O–H groups in total. The summed E-state index contributed by atoms with van der Waals surface area (Å²) in [6, 6.07) is 8.98. The number of amides is 3. The predicted octanol–water partition coefficient (Wildman–Crippen LogP) is 7.18. The number of hydrogen-bond donors (Lipinski definition) is 1. The first-order valence-electron chi connectivity index (χ1n) is 17.9. The van der Waals surface area contributed by atoms with Crippen molar-refractivity contribution < 1.29 is 40.7 Å². The van der Waals surface area contributed by atoms with Crippen molar-refractivity contribution in [1.82, 2.24) is 15.1 Å². The molecule has 1 aliphatic carbocycles. The van der Waals surface area contributed by atoms with Crippen molar-refractivity contribution in [3.8, 4) is 0 Å². The van der Waals surface area contributed by atoms with E-state index < -0.39 is 50.8 Å². The first-order valence-corrected chi connectivity index (χ1v) is 19.4. The third kappa shape index (κ3) is 9.25. The summed E-state index contributed by atoms with van der Waals surface area (Å²) >= 11 is 0. The number of sulfonamides is 1. The second-order valence-electron chi connectivity index (χ2n) is 15.5. The molecule has 1 saturated carbocycles. The lowest BCUT2D eigenvalue weighted by atomic mass is 9.73. The van der Waals surface area contributed by atoms with Crippen LogP contribution in [0.5, 0.6) is 0 Å². The van der Waals surface area contributed by atoms with Gasteiger partial charge in [-0.15, -0.1) is 13.2 Å². The zero-order valence-corrected chi connectivity index (χ0v) is 31.4. The number of anilines is 1. The van der Waals surface area contributed by atoms with E-state index in [1.165, 1.54) is 36.4 Å². The van der Waals surface area contributed by atoms with E-state index in [0.29, 0.717) is 51.7 Å². The molecular formula is C39H49F3N4O6S. The molecule has 1 spiro atoms. The Kier molecular flexibility index (Phi) is 11.4. The Labute approximate surface area is 310 Å². The van der Waals surface area contributed by atoms with Gasteiger partial charge in [-0.2, -0.15) is 13.2 Å². The number of carbonyl (C=O) groups is 3. The standard InChI is InChI=1S/C39H49F3N4O6S/c1-6-8-15-38(18-21-44(22-19-38)35(49)52-36(3,4)5)34(48)45-26-30(25-37(27-45)16-17-37)43-33(47)28-11-9-14-32(23-28)53(50,51)46(20-7-2)31-13-10-12-29(24-31)39(40,41)42/h6-7,9-14,23-24,30H,1-2,8,15-22,25-27H2,3-5H3,(H,43,47). The van der Waals surface area contributed by atoms with Crippen LogP contribution in [0.25, 0.3) is 0 Å². The summed E-state index contributed by atoms with van der Waals surface area (Å²) in [7, 11) is -4.42. The average molecular weight is 759 g/mol. The zero-order chi connectivity index (χ0) is 38.8. The van der Waals surface area contributed by atoms with Gasteiger partial charge in [-0.1, -0.05) is 24.3 Å². The molecule has 14 heteroatoms. The summed E-state index contributed by atoms with van der Waals surface area (Å²) in [5, 5.41) is 3.04. The van der Waals surface area contributed by atoms with Crippen LogP contribution in [0.3, 0.4) is 0 Å². The van der Waals surface area contributed by atoms with Crippen LogP contribution < -0.4 is 9.62 Å². The highest BCUT2D eigenvalue weighted by Crippen LogP contribution is 2.53. The van der Waals surface area contributed by atoms with Gasteiger partial charge in [-0.3, -0.25) is 13.9 Å². The molecule has 53 heavy (non-hydrogen) atoms. The number of halogens is 3. The van der Waals surface area contributed by atoms with E-state index in [9.17, 15) is 36.0 Å². The largest absolute Gasteiger partial charge is 0.444 e. The highest BCUT2D eigenvalue weighted by molar-refractivity contribution is 7.92. The lowest BCUT2D eigenvalue weighted by molar-refractivity contribution is -0.148. The van der Waals surface area contributed by atoms with Gasteiger partial charge in [-0.05, 0) is 108 Å². The molecule has 3 fully saturated rings. The Morgan fingerprint density at radius 2 is 1.66 bits per heavy atom. The van der Waals surface area contributed by atoms with Gasteiger partial charge < -0.3 is 19.9 Å². The maximum Gasteiger partial charge on any atom is 0.416 e. The van der Waals surface area contributed by atoms with Crippen molar-refractivity contribution in [2.24, 2.45) is 10.8 Å². The molecule has 0 radical (unpaired) electrons. The average Bonchev–Trinajstić information content (AvgIpc) is 3.85. The second kappa shape index (κ2) is 15.2. The smallest absolute Gasteiger partial charge is 0.416 e. The van der Waals surface area contributed by atoms with Gasteiger partial charge in [0.15, 0.2) is 0 Å². The molecular weight excluding hydrogens is 710 g/mol. The van der Waals surface area contributed by atoms with E-state index in [1.54, 1.807) is 11.0 Å². The molecule has 288 valence electrons. The number of likely N-dealkylation sites (tertiary alicyclic amines) is 2. The number of benzene rings is 2. The Balaban J connectivity index is 1.32. The van der Waals surface area contributed by atoms with Crippen LogP contribution in [0.2, 0.25) is 0 Å². The Bertz CT molecular complexity index is 1830. The van der Waals surface area contributed by atoms with E-state index in [4.69, 9.17) is 4.74 Å². The molecule has 5 rings (SSSR count). The quantitative estimate of drug-likeness (QED) is 0.243. The van der Waals surface area contributed by atoms with Gasteiger partial charge in [0.2, 0.25) is 5.91 Å². The minimum atomic E-state index is -4.68. The highest BCUT2D eigenvalue weighted by Gasteiger charge is 2.53. The van der Waals surface area contributed by atoms with Crippen molar-refractivity contribution in [2.45, 2.75) is 88.4 Å². The maximum absolute atomic E-state index is 14.5. The minimum absolute atomic E-state index is 0.00148. The molecule has 2 heterocycles. The Morgan fingerprint density at radius 1 is 0.981 bits per heavy atom. The van der Waals surface area contributed by atoms with E-state index in [2.05, 4.69) is 18.5 Å². The number of carbonyl (C=O) groups excluding carboxylic acids is 3. The fourth-order valence-electron chi connectivity index (χ4n) is 7.40. The zero-order valence-electron chi connectivity index (χ0n) is 30.6. The van der Waals surface area contributed by atoms with Gasteiger partial charge in [0, 0.05) is 37.8 Å². The molecule has 2 aliphatic heterocycles. The van der Waals surface area contributed by atoms with Gasteiger partial charge >= 0.3 is 12.3 Å². The highest BCUT2D eigenvalue weighted by atomic mass is 32.2. The van der Waals surface area contributed by atoms with Gasteiger partial charge in [0.25, 0.3) is 15.9 Å². The summed E-state index contributed by atoms with van der Waals surface area (Å²) in [5.41, 5.74) is -2.60. The molecule has 2 saturated heterocycles. The number of allylic oxidation sites excluding steroid dienone is 1. The summed E-state index contributed by atoms with van der Waals surface area (Å²) in [5.74, 6) is -0.531. The lowest BCUT2D eigenvalue weighted by Gasteiger charge is -2.46. The van der Waals surface area contributed by atoms with Crippen LogP contribution in [0, 0.1) is 10.8 Å². The Morgan fingerprint density at radius 3 is 2.26 bits per heavy atom. The van der Waals surface area contributed by atoms with Crippen molar-refractivity contribution in [3.63, 3.8) is 0 Å². The minimum Gasteiger partial charge on any atom is -0.444 e. The molecule has 0 aromatic heterocycles. The first kappa shape index (κ1) is 39.9. The molecule has 3 aliphatic rings. The van der Waals surface area contributed by atoms with Crippen LogP contribution in [-0.4, -0.2) is 80.5 Å². The van der Waals surface area contributed by atoms with E-state index in [1.807, 2.05) is 25.7 Å². The van der Waals surface area contributed by atoms with Crippen LogP contribution in [0.1, 0.15) is 81.6 Å².